The number of hydrogen-bond acceptors (Lipinski definition) is 7. The van der Waals surface area contributed by atoms with E-state index < -0.39 is 0 Å². The average molecular weight is 419 g/mol. The van der Waals surface area contributed by atoms with Crippen LogP contribution in [-0.2, 0) is 0 Å². The second-order valence-corrected chi connectivity index (χ2v) is 8.47. The number of rotatable bonds is 5. The maximum Gasteiger partial charge on any atom is 0.263 e. The minimum absolute atomic E-state index is 0.0605. The Hall–Kier alpha value is -3.29. The van der Waals surface area contributed by atoms with Gasteiger partial charge in [-0.25, -0.2) is 9.97 Å². The normalized spacial score (nSPS) is 16.5. The fourth-order valence-electron chi connectivity index (χ4n) is 4.64. The molecule has 1 aliphatic carbocycles. The summed E-state index contributed by atoms with van der Waals surface area (Å²) in [7, 11) is 0. The molecule has 1 saturated heterocycles. The quantitative estimate of drug-likeness (QED) is 0.631. The predicted octanol–water partition coefficient (Wildman–Crippen LogP) is 3.77. The molecule has 0 radical (unpaired) electrons. The van der Waals surface area contributed by atoms with Crippen molar-refractivity contribution in [1.82, 2.24) is 19.5 Å². The van der Waals surface area contributed by atoms with Gasteiger partial charge in [0.2, 0.25) is 5.95 Å². The number of aromatic nitrogens is 4. The molecule has 31 heavy (non-hydrogen) atoms. The third-order valence-corrected chi connectivity index (χ3v) is 6.46. The molecule has 0 bridgehead atoms. The van der Waals surface area contributed by atoms with Crippen LogP contribution in [0.25, 0.3) is 11.0 Å². The van der Waals surface area contributed by atoms with E-state index in [0.717, 1.165) is 49.8 Å². The molecule has 1 aliphatic heterocycles. The van der Waals surface area contributed by atoms with Gasteiger partial charge >= 0.3 is 0 Å². The topological polar surface area (TPSA) is 93.0 Å². The Morgan fingerprint density at radius 1 is 1.10 bits per heavy atom. The Balaban J connectivity index is 1.56. The number of hydrogen-bond donors (Lipinski definition) is 1. The summed E-state index contributed by atoms with van der Waals surface area (Å²) in [5, 5.41) is 3.90. The smallest absolute Gasteiger partial charge is 0.263 e. The van der Waals surface area contributed by atoms with Crippen LogP contribution in [0.5, 0.6) is 0 Å². The highest BCUT2D eigenvalue weighted by Gasteiger charge is 2.25. The molecule has 5 rings (SSSR count). The Morgan fingerprint density at radius 3 is 2.48 bits per heavy atom. The highest BCUT2D eigenvalue weighted by Crippen LogP contribution is 2.32. The van der Waals surface area contributed by atoms with E-state index in [1.807, 2.05) is 18.3 Å². The Kier molecular flexibility index (Phi) is 4.92. The lowest BCUT2D eigenvalue weighted by Crippen LogP contribution is -2.36. The van der Waals surface area contributed by atoms with Crippen molar-refractivity contribution < 1.29 is 4.79 Å². The van der Waals surface area contributed by atoms with Crippen LogP contribution in [0.4, 0.5) is 17.5 Å². The van der Waals surface area contributed by atoms with E-state index in [2.05, 4.69) is 20.2 Å². The molecule has 2 fully saturated rings. The standard InChI is InChI=1S/C23H26N6O2/c1-14-18-13-25-23(26-19-9-8-17(12-24-19)28-10-5-11-28)27-21(18)29(16-6-3-4-7-16)22(31)20(14)15(2)30/h8-9,12-13,16H,3-7,10-11H2,1-2H3,(H,24,25,26,27). The van der Waals surface area contributed by atoms with Crippen molar-refractivity contribution in [1.29, 1.82) is 0 Å². The van der Waals surface area contributed by atoms with E-state index in [1.54, 1.807) is 17.7 Å². The molecule has 1 saturated carbocycles. The van der Waals surface area contributed by atoms with Crippen molar-refractivity contribution >= 4 is 34.3 Å². The number of pyridine rings is 2. The van der Waals surface area contributed by atoms with Crippen LogP contribution in [0.15, 0.2) is 29.3 Å². The van der Waals surface area contributed by atoms with Gasteiger partial charge < -0.3 is 10.2 Å². The van der Waals surface area contributed by atoms with Crippen molar-refractivity contribution in [3.63, 3.8) is 0 Å². The van der Waals surface area contributed by atoms with Gasteiger partial charge in [0, 0.05) is 30.7 Å². The summed E-state index contributed by atoms with van der Waals surface area (Å²) >= 11 is 0. The zero-order valence-electron chi connectivity index (χ0n) is 17.9. The van der Waals surface area contributed by atoms with Gasteiger partial charge in [-0.05, 0) is 50.8 Å². The summed E-state index contributed by atoms with van der Waals surface area (Å²) in [6.07, 6.45) is 8.75. The van der Waals surface area contributed by atoms with Gasteiger partial charge in [-0.3, -0.25) is 14.2 Å². The predicted molar refractivity (Wildman–Crippen MR) is 120 cm³/mol. The average Bonchev–Trinajstić information content (AvgIpc) is 3.22. The van der Waals surface area contributed by atoms with Gasteiger partial charge in [0.15, 0.2) is 5.78 Å². The lowest BCUT2D eigenvalue weighted by atomic mass is 10.0. The summed E-state index contributed by atoms with van der Waals surface area (Å²) in [5.74, 6) is 0.818. The van der Waals surface area contributed by atoms with Crippen LogP contribution in [0.2, 0.25) is 0 Å². The molecule has 0 atom stereocenters. The lowest BCUT2D eigenvalue weighted by Gasteiger charge is -2.32. The van der Waals surface area contributed by atoms with E-state index in [-0.39, 0.29) is 22.9 Å². The fraction of sp³-hybridized carbons (Fsp3) is 0.435. The summed E-state index contributed by atoms with van der Waals surface area (Å²) in [6.45, 7) is 5.39. The van der Waals surface area contributed by atoms with Crippen LogP contribution in [0, 0.1) is 6.92 Å². The molecule has 160 valence electrons. The minimum atomic E-state index is -0.244. The Labute approximate surface area is 180 Å². The second kappa shape index (κ2) is 7.76. The second-order valence-electron chi connectivity index (χ2n) is 8.47. The van der Waals surface area contributed by atoms with E-state index in [1.165, 1.54) is 13.3 Å². The summed E-state index contributed by atoms with van der Waals surface area (Å²) in [4.78, 5) is 41.4. The highest BCUT2D eigenvalue weighted by atomic mass is 16.1. The van der Waals surface area contributed by atoms with Crippen LogP contribution in [-0.4, -0.2) is 38.4 Å². The van der Waals surface area contributed by atoms with E-state index >= 15 is 0 Å². The molecular weight excluding hydrogens is 392 g/mol. The van der Waals surface area contributed by atoms with Crippen molar-refractivity contribution in [2.24, 2.45) is 0 Å². The third-order valence-electron chi connectivity index (χ3n) is 6.46. The molecule has 8 heteroatoms. The molecule has 0 amide bonds. The number of Topliss-reactive ketones (excluding diaryl/α,β-unsaturated/α-hetero) is 1. The Bertz CT molecular complexity index is 1210. The SMILES string of the molecule is CC(=O)c1c(C)c2cnc(Nc3ccc(N4CCC4)cn3)nc2n(C2CCCC2)c1=O. The molecule has 8 nitrogen and oxygen atoms in total. The molecule has 4 heterocycles. The monoisotopic (exact) mass is 418 g/mol. The van der Waals surface area contributed by atoms with Gasteiger partial charge in [-0.2, -0.15) is 4.98 Å². The van der Waals surface area contributed by atoms with Crippen molar-refractivity contribution in [2.75, 3.05) is 23.3 Å². The van der Waals surface area contributed by atoms with Crippen LogP contribution in [0.3, 0.4) is 0 Å². The minimum Gasteiger partial charge on any atom is -0.370 e. The zero-order valence-corrected chi connectivity index (χ0v) is 17.9. The molecule has 3 aromatic rings. The number of fused-ring (bicyclic) bond motifs is 1. The largest absolute Gasteiger partial charge is 0.370 e. The van der Waals surface area contributed by atoms with Gasteiger partial charge in [0.25, 0.3) is 5.56 Å². The first-order chi connectivity index (χ1) is 15.0. The number of nitrogens with one attached hydrogen (secondary N) is 1. The van der Waals surface area contributed by atoms with Crippen LogP contribution >= 0.6 is 0 Å². The van der Waals surface area contributed by atoms with Crippen molar-refractivity contribution in [2.45, 2.75) is 52.0 Å². The van der Waals surface area contributed by atoms with Gasteiger partial charge in [-0.15, -0.1) is 0 Å². The van der Waals surface area contributed by atoms with Crippen LogP contribution in [0.1, 0.15) is 61.0 Å². The van der Waals surface area contributed by atoms with Crippen molar-refractivity contribution in [3.8, 4) is 0 Å². The number of aryl methyl sites for hydroxylation is 1. The summed E-state index contributed by atoms with van der Waals surface area (Å²) in [6, 6.07) is 4.01. The number of carbonyl (C=O) groups is 1. The summed E-state index contributed by atoms with van der Waals surface area (Å²) in [5.41, 5.74) is 2.33. The van der Waals surface area contributed by atoms with Gasteiger partial charge in [0.05, 0.1) is 17.4 Å². The van der Waals surface area contributed by atoms with E-state index in [9.17, 15) is 9.59 Å². The molecule has 3 aromatic heterocycles. The first-order valence-corrected chi connectivity index (χ1v) is 10.9. The van der Waals surface area contributed by atoms with Crippen molar-refractivity contribution in [3.05, 3.63) is 46.0 Å². The maximum absolute atomic E-state index is 13.3. The van der Waals surface area contributed by atoms with Gasteiger partial charge in [-0.1, -0.05) is 12.8 Å². The Morgan fingerprint density at radius 2 is 1.87 bits per heavy atom. The molecule has 2 aliphatic rings. The number of ketones is 1. The molecule has 0 spiro atoms. The molecule has 0 aromatic carbocycles. The maximum atomic E-state index is 13.3. The molecule has 1 N–H and O–H groups in total. The first kappa shape index (κ1) is 19.7. The van der Waals surface area contributed by atoms with E-state index in [0.29, 0.717) is 23.0 Å². The highest BCUT2D eigenvalue weighted by molar-refractivity contribution is 5.99. The number of nitrogens with zero attached hydrogens (tertiary/aromatic N) is 5. The fourth-order valence-corrected chi connectivity index (χ4v) is 4.64. The number of anilines is 3. The van der Waals surface area contributed by atoms with E-state index in [4.69, 9.17) is 4.98 Å². The zero-order chi connectivity index (χ0) is 21.5. The molecular formula is C23H26N6O2. The van der Waals surface area contributed by atoms with Gasteiger partial charge in [0.1, 0.15) is 11.5 Å². The first-order valence-electron chi connectivity index (χ1n) is 10.9. The molecule has 0 unspecified atom stereocenters. The van der Waals surface area contributed by atoms with Crippen LogP contribution < -0.4 is 15.8 Å². The third kappa shape index (κ3) is 3.45. The summed E-state index contributed by atoms with van der Waals surface area (Å²) < 4.78 is 1.72. The lowest BCUT2D eigenvalue weighted by molar-refractivity contribution is 0.101. The number of carbonyl (C=O) groups excluding carboxylic acids is 1.